The van der Waals surface area contributed by atoms with Gasteiger partial charge in [-0.1, -0.05) is 30.3 Å². The van der Waals surface area contributed by atoms with E-state index in [0.717, 1.165) is 5.56 Å². The number of benzene rings is 1. The summed E-state index contributed by atoms with van der Waals surface area (Å²) in [4.78, 5) is 0. The highest BCUT2D eigenvalue weighted by Crippen LogP contribution is 2.18. The summed E-state index contributed by atoms with van der Waals surface area (Å²) in [6.45, 7) is 0.556. The maximum atomic E-state index is 5.74. The van der Waals surface area contributed by atoms with Crippen LogP contribution in [0.5, 0.6) is 0 Å². The summed E-state index contributed by atoms with van der Waals surface area (Å²) in [6.07, 6.45) is 0. The summed E-state index contributed by atoms with van der Waals surface area (Å²) >= 11 is 11.5. The Morgan fingerprint density at radius 3 is 2.18 bits per heavy atom. The van der Waals surface area contributed by atoms with Crippen LogP contribution in [0.2, 0.25) is 10.0 Å². The molecule has 0 amide bonds. The average Bonchev–Trinajstić information content (AvgIpc) is 1.85. The summed E-state index contributed by atoms with van der Waals surface area (Å²) in [7, 11) is 3.38. The van der Waals surface area contributed by atoms with Crippen LogP contribution in [-0.4, -0.2) is 4.74 Å². The molecular weight excluding hydrogens is 183 g/mol. The van der Waals surface area contributed by atoms with Crippen LogP contribution in [0.3, 0.4) is 0 Å². The number of halogens is 2. The van der Waals surface area contributed by atoms with Crippen molar-refractivity contribution in [2.45, 2.75) is 6.61 Å². The van der Waals surface area contributed by atoms with Gasteiger partial charge in [0.15, 0.2) is 0 Å². The maximum absolute atomic E-state index is 5.74. The monoisotopic (exact) mass is 190 g/mol. The first-order valence-corrected chi connectivity index (χ1v) is 3.85. The highest BCUT2D eigenvalue weighted by atomic mass is 35.5. The topological polar surface area (TPSA) is 12.8 Å². The van der Waals surface area contributed by atoms with Crippen LogP contribution in [0.1, 0.15) is 5.56 Å². The summed E-state index contributed by atoms with van der Waals surface area (Å²) in [5.74, 6) is 0. The molecule has 1 aromatic carbocycles. The molecule has 1 nitrogen and oxygen atoms in total. The van der Waals surface area contributed by atoms with Gasteiger partial charge in [-0.2, -0.15) is 0 Å². The normalized spacial score (nSPS) is 10.1. The molecule has 0 atom stereocenters. The van der Waals surface area contributed by atoms with E-state index in [0.29, 0.717) is 16.7 Å². The Balaban J connectivity index is 2.89. The van der Waals surface area contributed by atoms with E-state index in [1.54, 1.807) is 6.07 Å². The van der Waals surface area contributed by atoms with E-state index in [4.69, 9.17) is 23.2 Å². The van der Waals surface area contributed by atoms with Gasteiger partial charge < -0.3 is 4.74 Å². The summed E-state index contributed by atoms with van der Waals surface area (Å²) in [6, 6.07) is 5.33. The van der Waals surface area contributed by atoms with Crippen molar-refractivity contribution < 1.29 is 4.74 Å². The molecule has 1 aromatic rings. The van der Waals surface area contributed by atoms with Crippen LogP contribution in [0, 0.1) is 7.11 Å². The van der Waals surface area contributed by atoms with Gasteiger partial charge in [0.1, 0.15) is 6.61 Å². The van der Waals surface area contributed by atoms with Crippen LogP contribution in [0.4, 0.5) is 0 Å². The lowest BCUT2D eigenvalue weighted by Crippen LogP contribution is -1.89. The van der Waals surface area contributed by atoms with E-state index < -0.39 is 0 Å². The first-order chi connectivity index (χ1) is 5.22. The molecule has 0 fully saturated rings. The fourth-order valence-corrected chi connectivity index (χ4v) is 1.40. The predicted octanol–water partition coefficient (Wildman–Crippen LogP) is 2.81. The molecule has 0 saturated heterocycles. The zero-order valence-corrected chi connectivity index (χ0v) is 7.36. The van der Waals surface area contributed by atoms with Crippen molar-refractivity contribution in [2.24, 2.45) is 0 Å². The van der Waals surface area contributed by atoms with Gasteiger partial charge >= 0.3 is 0 Å². The Morgan fingerprint density at radius 1 is 1.18 bits per heavy atom. The first kappa shape index (κ1) is 8.85. The Hall–Kier alpha value is -0.240. The van der Waals surface area contributed by atoms with Crippen LogP contribution in [0.15, 0.2) is 18.2 Å². The number of rotatable bonds is 2. The number of ether oxygens (including phenoxy) is 1. The Bertz CT molecular complexity index is 228. The van der Waals surface area contributed by atoms with Gasteiger partial charge in [0.25, 0.3) is 0 Å². The average molecular weight is 191 g/mol. The second kappa shape index (κ2) is 3.96. The van der Waals surface area contributed by atoms with Gasteiger partial charge in [-0.05, 0) is 18.2 Å². The molecule has 1 rings (SSSR count). The molecule has 0 unspecified atom stereocenters. The summed E-state index contributed by atoms with van der Waals surface area (Å²) in [5.41, 5.74) is 0.984. The van der Waals surface area contributed by atoms with Crippen LogP contribution >= 0.6 is 23.2 Å². The SMILES string of the molecule is [CH2-][OH+]Cc1cc(Cl)cc(Cl)c1. The minimum Gasteiger partial charge on any atom is -0.578 e. The molecule has 60 valence electrons. The molecule has 1 N–H and O–H groups in total. The van der Waals surface area contributed by atoms with Crippen LogP contribution in [0.25, 0.3) is 0 Å². The number of hydrogen-bond donors (Lipinski definition) is 0. The highest BCUT2D eigenvalue weighted by Gasteiger charge is 1.97. The number of hydrogen-bond acceptors (Lipinski definition) is 0. The third-order valence-electron chi connectivity index (χ3n) is 1.22. The maximum Gasteiger partial charge on any atom is 0.145 e. The van der Waals surface area contributed by atoms with Crippen molar-refractivity contribution in [1.82, 2.24) is 0 Å². The lowest BCUT2D eigenvalue weighted by molar-refractivity contribution is 0.0401. The van der Waals surface area contributed by atoms with E-state index in [9.17, 15) is 0 Å². The molecule has 0 bridgehead atoms. The van der Waals surface area contributed by atoms with Crippen molar-refractivity contribution in [2.75, 3.05) is 0 Å². The van der Waals surface area contributed by atoms with E-state index in [2.05, 4.69) is 11.8 Å². The standard InChI is InChI=1S/C8H8Cl2O/c1-11-5-6-2-7(9)4-8(10)3-6/h2-4,11H,1,5H2. The van der Waals surface area contributed by atoms with E-state index in [1.807, 2.05) is 12.1 Å². The fourth-order valence-electron chi connectivity index (χ4n) is 0.831. The van der Waals surface area contributed by atoms with Crippen molar-refractivity contribution in [3.05, 3.63) is 40.9 Å². The third kappa shape index (κ3) is 2.70. The highest BCUT2D eigenvalue weighted by molar-refractivity contribution is 6.34. The summed E-state index contributed by atoms with van der Waals surface area (Å²) < 4.78 is 3.72. The lowest BCUT2D eigenvalue weighted by atomic mass is 10.2. The Morgan fingerprint density at radius 2 is 1.73 bits per heavy atom. The lowest BCUT2D eigenvalue weighted by Gasteiger charge is -2.01. The van der Waals surface area contributed by atoms with E-state index >= 15 is 0 Å². The predicted molar refractivity (Wildman–Crippen MR) is 47.7 cm³/mol. The quantitative estimate of drug-likeness (QED) is 0.503. The molecule has 0 aliphatic carbocycles. The zero-order chi connectivity index (χ0) is 8.27. The largest absolute Gasteiger partial charge is 0.578 e. The van der Waals surface area contributed by atoms with Crippen molar-refractivity contribution in [3.8, 4) is 0 Å². The van der Waals surface area contributed by atoms with Crippen molar-refractivity contribution in [3.63, 3.8) is 0 Å². The molecule has 0 aliphatic heterocycles. The minimum absolute atomic E-state index is 0.556. The second-order valence-corrected chi connectivity index (χ2v) is 3.03. The smallest absolute Gasteiger partial charge is 0.145 e. The molecule has 0 radical (unpaired) electrons. The van der Waals surface area contributed by atoms with Gasteiger partial charge in [-0.25, -0.2) is 0 Å². The zero-order valence-electron chi connectivity index (χ0n) is 5.85. The Kier molecular flexibility index (Phi) is 3.18. The van der Waals surface area contributed by atoms with E-state index in [-0.39, 0.29) is 0 Å². The van der Waals surface area contributed by atoms with Crippen LogP contribution < -0.4 is 0 Å². The fraction of sp³-hybridized carbons (Fsp3) is 0.125. The van der Waals surface area contributed by atoms with Gasteiger partial charge in [0.05, 0.1) is 0 Å². The van der Waals surface area contributed by atoms with Crippen molar-refractivity contribution in [1.29, 1.82) is 0 Å². The summed E-state index contributed by atoms with van der Waals surface area (Å²) in [5, 5.41) is 1.27. The molecule has 3 heteroatoms. The molecular formula is C8H8Cl2O. The third-order valence-corrected chi connectivity index (χ3v) is 1.65. The van der Waals surface area contributed by atoms with Gasteiger partial charge in [-0.15, -0.1) is 0 Å². The molecule has 0 saturated carbocycles. The molecule has 0 aromatic heterocycles. The second-order valence-electron chi connectivity index (χ2n) is 2.16. The van der Waals surface area contributed by atoms with Gasteiger partial charge in [0.2, 0.25) is 0 Å². The van der Waals surface area contributed by atoms with Crippen molar-refractivity contribution >= 4 is 23.2 Å². The Labute approximate surface area is 75.9 Å². The van der Waals surface area contributed by atoms with Crippen LogP contribution in [-0.2, 0) is 6.61 Å². The first-order valence-electron chi connectivity index (χ1n) is 3.10. The molecule has 0 spiro atoms. The molecule has 0 heterocycles. The molecule has 0 aliphatic rings. The minimum atomic E-state index is 0.556. The number of aliphatic hydroxyl groups is 2. The van der Waals surface area contributed by atoms with Gasteiger partial charge in [0, 0.05) is 15.6 Å². The van der Waals surface area contributed by atoms with E-state index in [1.165, 1.54) is 0 Å². The molecule has 11 heavy (non-hydrogen) atoms. The van der Waals surface area contributed by atoms with Gasteiger partial charge in [-0.3, -0.25) is 0 Å².